The predicted octanol–water partition coefficient (Wildman–Crippen LogP) is 2.47. The number of aliphatic hydroxyl groups is 1. The van der Waals surface area contributed by atoms with E-state index in [9.17, 15) is 5.11 Å². The molecule has 0 fully saturated rings. The van der Waals surface area contributed by atoms with E-state index in [0.29, 0.717) is 5.96 Å². The predicted molar refractivity (Wildman–Crippen MR) is 116 cm³/mol. The van der Waals surface area contributed by atoms with Crippen LogP contribution in [0.25, 0.3) is 0 Å². The minimum atomic E-state index is -0.664. The molecule has 1 unspecified atom stereocenters. The van der Waals surface area contributed by atoms with Gasteiger partial charge in [0.25, 0.3) is 0 Å². The molecule has 6 nitrogen and oxygen atoms in total. The molecule has 0 saturated carbocycles. The lowest BCUT2D eigenvalue weighted by Crippen LogP contribution is -2.39. The van der Waals surface area contributed by atoms with E-state index < -0.39 is 6.10 Å². The minimum absolute atomic E-state index is 0.212. The SMILES string of the molecule is CCNC(=NCC(O)COc1cccc(C)c1)NCCc1ccc2c(c1)CCO2. The lowest BCUT2D eigenvalue weighted by Gasteiger charge is -2.14. The van der Waals surface area contributed by atoms with Crippen molar-refractivity contribution in [1.82, 2.24) is 10.6 Å². The van der Waals surface area contributed by atoms with Gasteiger partial charge in [-0.3, -0.25) is 4.99 Å². The van der Waals surface area contributed by atoms with E-state index >= 15 is 0 Å². The van der Waals surface area contributed by atoms with Crippen molar-refractivity contribution in [1.29, 1.82) is 0 Å². The first-order chi connectivity index (χ1) is 14.1. The highest BCUT2D eigenvalue weighted by Gasteiger charge is 2.12. The summed E-state index contributed by atoms with van der Waals surface area (Å²) in [5, 5.41) is 16.7. The quantitative estimate of drug-likeness (QED) is 0.448. The summed E-state index contributed by atoms with van der Waals surface area (Å²) < 4.78 is 11.2. The third-order valence-corrected chi connectivity index (χ3v) is 4.70. The van der Waals surface area contributed by atoms with Gasteiger partial charge in [-0.1, -0.05) is 24.3 Å². The van der Waals surface area contributed by atoms with E-state index in [4.69, 9.17) is 9.47 Å². The van der Waals surface area contributed by atoms with Crippen LogP contribution in [0.2, 0.25) is 0 Å². The number of aryl methyl sites for hydroxylation is 1. The minimum Gasteiger partial charge on any atom is -0.493 e. The maximum absolute atomic E-state index is 10.2. The van der Waals surface area contributed by atoms with Gasteiger partial charge in [-0.2, -0.15) is 0 Å². The van der Waals surface area contributed by atoms with E-state index in [1.54, 1.807) is 0 Å². The Morgan fingerprint density at radius 1 is 1.24 bits per heavy atom. The highest BCUT2D eigenvalue weighted by molar-refractivity contribution is 5.79. The van der Waals surface area contributed by atoms with Gasteiger partial charge in [0, 0.05) is 19.5 Å². The first-order valence-corrected chi connectivity index (χ1v) is 10.3. The molecule has 3 N–H and O–H groups in total. The third kappa shape index (κ3) is 6.68. The zero-order valence-corrected chi connectivity index (χ0v) is 17.3. The summed E-state index contributed by atoms with van der Waals surface area (Å²) in [4.78, 5) is 4.48. The molecule has 2 aromatic carbocycles. The normalized spacial score (nSPS) is 14.1. The van der Waals surface area contributed by atoms with Crippen molar-refractivity contribution in [3.05, 3.63) is 59.2 Å². The summed E-state index contributed by atoms with van der Waals surface area (Å²) in [6.07, 6.45) is 1.22. The summed E-state index contributed by atoms with van der Waals surface area (Å²) in [5.41, 5.74) is 3.70. The Bertz CT molecular complexity index is 823. The number of nitrogens with zero attached hydrogens (tertiary/aromatic N) is 1. The van der Waals surface area contributed by atoms with Crippen LogP contribution >= 0.6 is 0 Å². The second-order valence-electron chi connectivity index (χ2n) is 7.22. The van der Waals surface area contributed by atoms with Crippen molar-refractivity contribution < 1.29 is 14.6 Å². The largest absolute Gasteiger partial charge is 0.493 e. The molecule has 1 atom stereocenters. The van der Waals surface area contributed by atoms with Crippen molar-refractivity contribution in [3.8, 4) is 11.5 Å². The second kappa shape index (κ2) is 10.7. The number of aliphatic hydroxyl groups excluding tert-OH is 1. The highest BCUT2D eigenvalue weighted by Crippen LogP contribution is 2.25. The van der Waals surface area contributed by atoms with Crippen LogP contribution in [0, 0.1) is 6.92 Å². The van der Waals surface area contributed by atoms with Crippen molar-refractivity contribution in [3.63, 3.8) is 0 Å². The Morgan fingerprint density at radius 2 is 2.14 bits per heavy atom. The molecule has 0 aromatic heterocycles. The van der Waals surface area contributed by atoms with Crippen molar-refractivity contribution in [2.45, 2.75) is 32.8 Å². The van der Waals surface area contributed by atoms with Crippen molar-refractivity contribution in [2.75, 3.05) is 32.8 Å². The number of aliphatic imine (C=N–C) groups is 1. The maximum atomic E-state index is 10.2. The molecule has 2 aromatic rings. The van der Waals surface area contributed by atoms with Crippen molar-refractivity contribution >= 4 is 5.96 Å². The van der Waals surface area contributed by atoms with Gasteiger partial charge in [0.05, 0.1) is 13.2 Å². The molecule has 1 aliphatic heterocycles. The highest BCUT2D eigenvalue weighted by atomic mass is 16.5. The fraction of sp³-hybridized carbons (Fsp3) is 0.435. The van der Waals surface area contributed by atoms with Gasteiger partial charge in [0.15, 0.2) is 5.96 Å². The molecule has 0 amide bonds. The second-order valence-corrected chi connectivity index (χ2v) is 7.22. The van der Waals surface area contributed by atoms with Gasteiger partial charge in [0.1, 0.15) is 24.2 Å². The Hall–Kier alpha value is -2.73. The Labute approximate surface area is 173 Å². The smallest absolute Gasteiger partial charge is 0.191 e. The van der Waals surface area contributed by atoms with E-state index in [-0.39, 0.29) is 13.2 Å². The fourth-order valence-corrected chi connectivity index (χ4v) is 3.21. The topological polar surface area (TPSA) is 75.1 Å². The average molecular weight is 398 g/mol. The Morgan fingerprint density at radius 3 is 2.97 bits per heavy atom. The molecule has 0 spiro atoms. The summed E-state index contributed by atoms with van der Waals surface area (Å²) in [6, 6.07) is 14.2. The number of nitrogens with one attached hydrogen (secondary N) is 2. The average Bonchev–Trinajstić information content (AvgIpc) is 3.18. The number of rotatable bonds is 9. The zero-order valence-electron chi connectivity index (χ0n) is 17.3. The summed E-state index contributed by atoms with van der Waals surface area (Å²) >= 11 is 0. The molecule has 0 saturated heterocycles. The molecule has 1 heterocycles. The summed E-state index contributed by atoms with van der Waals surface area (Å²) in [5.74, 6) is 2.47. The third-order valence-electron chi connectivity index (χ3n) is 4.70. The molecule has 0 radical (unpaired) electrons. The van der Waals surface area contributed by atoms with Crippen LogP contribution in [0.5, 0.6) is 11.5 Å². The number of guanidine groups is 1. The lowest BCUT2D eigenvalue weighted by atomic mass is 10.1. The number of fused-ring (bicyclic) bond motifs is 1. The summed E-state index contributed by atoms with van der Waals surface area (Å²) in [6.45, 7) is 6.83. The maximum Gasteiger partial charge on any atom is 0.191 e. The van der Waals surface area contributed by atoms with Crippen LogP contribution < -0.4 is 20.1 Å². The van der Waals surface area contributed by atoms with Gasteiger partial charge in [-0.05, 0) is 55.2 Å². The monoisotopic (exact) mass is 397 g/mol. The lowest BCUT2D eigenvalue weighted by molar-refractivity contribution is 0.114. The molecule has 29 heavy (non-hydrogen) atoms. The van der Waals surface area contributed by atoms with E-state index in [1.807, 2.05) is 38.1 Å². The first-order valence-electron chi connectivity index (χ1n) is 10.3. The fourth-order valence-electron chi connectivity index (χ4n) is 3.21. The first kappa shape index (κ1) is 21.0. The molecule has 1 aliphatic rings. The number of benzene rings is 2. The molecule has 3 rings (SSSR count). The van der Waals surface area contributed by atoms with Crippen LogP contribution in [-0.2, 0) is 12.8 Å². The number of ether oxygens (including phenoxy) is 2. The molecule has 156 valence electrons. The molecule has 6 heteroatoms. The molecular weight excluding hydrogens is 366 g/mol. The number of hydrogen-bond donors (Lipinski definition) is 3. The van der Waals surface area contributed by atoms with Gasteiger partial charge in [-0.25, -0.2) is 0 Å². The number of hydrogen-bond acceptors (Lipinski definition) is 4. The van der Waals surface area contributed by atoms with Crippen LogP contribution in [0.15, 0.2) is 47.5 Å². The summed E-state index contributed by atoms with van der Waals surface area (Å²) in [7, 11) is 0. The van der Waals surface area contributed by atoms with Crippen LogP contribution in [0.1, 0.15) is 23.6 Å². The van der Waals surface area contributed by atoms with Crippen LogP contribution in [-0.4, -0.2) is 50.0 Å². The molecule has 0 aliphatic carbocycles. The van der Waals surface area contributed by atoms with Gasteiger partial charge >= 0.3 is 0 Å². The van der Waals surface area contributed by atoms with Gasteiger partial charge in [0.2, 0.25) is 0 Å². The van der Waals surface area contributed by atoms with Gasteiger partial charge < -0.3 is 25.2 Å². The molecular formula is C23H31N3O3. The Balaban J connectivity index is 1.43. The molecule has 0 bridgehead atoms. The van der Waals surface area contributed by atoms with E-state index in [1.165, 1.54) is 11.1 Å². The van der Waals surface area contributed by atoms with Crippen LogP contribution in [0.3, 0.4) is 0 Å². The zero-order chi connectivity index (χ0) is 20.5. The Kier molecular flexibility index (Phi) is 7.76. The van der Waals surface area contributed by atoms with Gasteiger partial charge in [-0.15, -0.1) is 0 Å². The van der Waals surface area contributed by atoms with Crippen molar-refractivity contribution in [2.24, 2.45) is 4.99 Å². The van der Waals surface area contributed by atoms with E-state index in [2.05, 4.69) is 33.8 Å². The van der Waals surface area contributed by atoms with E-state index in [0.717, 1.165) is 49.6 Å². The van der Waals surface area contributed by atoms with Crippen LogP contribution in [0.4, 0.5) is 0 Å². The standard InChI is InChI=1S/C23H31N3O3/c1-3-24-23(25-11-9-18-7-8-22-19(14-18)10-12-28-22)26-15-20(27)16-29-21-6-4-5-17(2)13-21/h4-8,13-14,20,27H,3,9-12,15-16H2,1-2H3,(H2,24,25,26).